The zero-order chi connectivity index (χ0) is 20.1. The van der Waals surface area contributed by atoms with Crippen molar-refractivity contribution >= 4 is 44.2 Å². The number of nitriles is 1. The quantitative estimate of drug-likeness (QED) is 0.340. The lowest BCUT2D eigenvalue weighted by Gasteiger charge is -2.21. The van der Waals surface area contributed by atoms with Gasteiger partial charge in [0.25, 0.3) is 0 Å². The van der Waals surface area contributed by atoms with E-state index in [4.69, 9.17) is 4.42 Å². The van der Waals surface area contributed by atoms with Crippen LogP contribution in [0, 0.1) is 11.3 Å². The van der Waals surface area contributed by atoms with E-state index >= 15 is 0 Å². The van der Waals surface area contributed by atoms with E-state index in [0.29, 0.717) is 27.7 Å². The van der Waals surface area contributed by atoms with Crippen molar-refractivity contribution in [3.8, 4) is 6.07 Å². The number of hydrogen-bond acceptors (Lipinski definition) is 5. The predicted octanol–water partition coefficient (Wildman–Crippen LogP) is 4.46. The smallest absolute Gasteiger partial charge is 0.345 e. The molecule has 5 aromatic rings. The summed E-state index contributed by atoms with van der Waals surface area (Å²) in [4.78, 5) is 19.7. The van der Waals surface area contributed by atoms with E-state index in [2.05, 4.69) is 29.8 Å². The van der Waals surface area contributed by atoms with Crippen molar-refractivity contribution in [1.82, 2.24) is 9.38 Å². The molecule has 142 valence electrons. The number of fused-ring (bicyclic) bond motifs is 7. The minimum Gasteiger partial charge on any atom is -0.422 e. The number of pyridine rings is 1. The van der Waals surface area contributed by atoms with Gasteiger partial charge >= 0.3 is 5.63 Å². The van der Waals surface area contributed by atoms with Gasteiger partial charge in [0.05, 0.1) is 27.5 Å². The van der Waals surface area contributed by atoms with Gasteiger partial charge in [0, 0.05) is 30.2 Å². The Morgan fingerprint density at radius 3 is 2.66 bits per heavy atom. The normalized spacial score (nSPS) is 11.5. The lowest BCUT2D eigenvalue weighted by Crippen LogP contribution is -2.21. The van der Waals surface area contributed by atoms with Crippen LogP contribution in [0.5, 0.6) is 0 Å². The molecule has 0 spiro atoms. The molecule has 0 saturated carbocycles. The summed E-state index contributed by atoms with van der Waals surface area (Å²) in [6.07, 6.45) is 0. The molecule has 0 fully saturated rings. The SMILES string of the molecule is CCN(CC)c1ccc2c(c1)oc(=O)c1cc(C#N)c3nc4ccccc4n3c12. The fourth-order valence-corrected chi connectivity index (χ4v) is 4.07. The fraction of sp³-hybridized carbons (Fsp3) is 0.174. The molecule has 5 rings (SSSR count). The maximum Gasteiger partial charge on any atom is 0.345 e. The van der Waals surface area contributed by atoms with Crippen LogP contribution >= 0.6 is 0 Å². The summed E-state index contributed by atoms with van der Waals surface area (Å²) in [5, 5.41) is 10.8. The third-order valence-corrected chi connectivity index (χ3v) is 5.46. The summed E-state index contributed by atoms with van der Waals surface area (Å²) in [6.45, 7) is 5.91. The van der Waals surface area contributed by atoms with Gasteiger partial charge in [-0.05, 0) is 44.2 Å². The van der Waals surface area contributed by atoms with Gasteiger partial charge in [-0.1, -0.05) is 12.1 Å². The highest BCUT2D eigenvalue weighted by atomic mass is 16.4. The molecule has 3 heterocycles. The molecule has 0 atom stereocenters. The molecule has 0 aliphatic heterocycles. The molecule has 0 N–H and O–H groups in total. The molecule has 0 bridgehead atoms. The van der Waals surface area contributed by atoms with Gasteiger partial charge in [-0.25, -0.2) is 9.78 Å². The number of benzene rings is 2. The van der Waals surface area contributed by atoms with Gasteiger partial charge in [-0.15, -0.1) is 0 Å². The molecular formula is C23H18N4O2. The van der Waals surface area contributed by atoms with E-state index in [1.165, 1.54) is 0 Å². The maximum absolute atomic E-state index is 12.9. The van der Waals surface area contributed by atoms with Crippen LogP contribution in [0.3, 0.4) is 0 Å². The van der Waals surface area contributed by atoms with Gasteiger partial charge in [-0.2, -0.15) is 5.26 Å². The fourth-order valence-electron chi connectivity index (χ4n) is 4.07. The molecule has 0 saturated heterocycles. The van der Waals surface area contributed by atoms with Crippen LogP contribution in [-0.2, 0) is 0 Å². The first-order valence-corrected chi connectivity index (χ1v) is 9.62. The number of nitrogens with zero attached hydrogens (tertiary/aromatic N) is 4. The van der Waals surface area contributed by atoms with Gasteiger partial charge in [0.1, 0.15) is 11.7 Å². The summed E-state index contributed by atoms with van der Waals surface area (Å²) in [7, 11) is 0. The molecule has 2 aromatic carbocycles. The van der Waals surface area contributed by atoms with E-state index in [1.54, 1.807) is 6.07 Å². The van der Waals surface area contributed by atoms with E-state index in [0.717, 1.165) is 35.2 Å². The minimum absolute atomic E-state index is 0.347. The largest absolute Gasteiger partial charge is 0.422 e. The number of hydrogen-bond donors (Lipinski definition) is 0. The zero-order valence-electron chi connectivity index (χ0n) is 16.1. The van der Waals surface area contributed by atoms with Gasteiger partial charge < -0.3 is 9.32 Å². The summed E-state index contributed by atoms with van der Waals surface area (Å²) in [6, 6.07) is 17.4. The van der Waals surface area contributed by atoms with Crippen molar-refractivity contribution < 1.29 is 4.42 Å². The van der Waals surface area contributed by atoms with Crippen LogP contribution in [-0.4, -0.2) is 22.5 Å². The van der Waals surface area contributed by atoms with Gasteiger partial charge in [0.2, 0.25) is 0 Å². The van der Waals surface area contributed by atoms with Crippen LogP contribution < -0.4 is 10.5 Å². The first-order chi connectivity index (χ1) is 14.2. The van der Waals surface area contributed by atoms with Crippen LogP contribution in [0.15, 0.2) is 57.7 Å². The third kappa shape index (κ3) is 2.41. The topological polar surface area (TPSA) is 74.5 Å². The second kappa shape index (κ2) is 6.35. The Labute approximate surface area is 166 Å². The number of rotatable bonds is 3. The molecule has 6 nitrogen and oxygen atoms in total. The molecule has 0 aliphatic rings. The molecule has 0 unspecified atom stereocenters. The number of aromatic nitrogens is 2. The Kier molecular flexibility index (Phi) is 3.78. The number of para-hydroxylation sites is 2. The molecule has 3 aromatic heterocycles. The summed E-state index contributed by atoms with van der Waals surface area (Å²) in [5.41, 5.74) is 4.30. The lowest BCUT2D eigenvalue weighted by molar-refractivity contribution is 0.569. The molecule has 29 heavy (non-hydrogen) atoms. The Balaban J connectivity index is 2.01. The average molecular weight is 382 g/mol. The molecule has 0 aliphatic carbocycles. The van der Waals surface area contributed by atoms with Crippen molar-refractivity contribution in [2.75, 3.05) is 18.0 Å². The third-order valence-electron chi connectivity index (χ3n) is 5.46. The Bertz CT molecular complexity index is 1520. The lowest BCUT2D eigenvalue weighted by atomic mass is 10.1. The van der Waals surface area contributed by atoms with Crippen molar-refractivity contribution in [2.45, 2.75) is 13.8 Å². The van der Waals surface area contributed by atoms with Crippen molar-refractivity contribution in [3.05, 3.63) is 64.5 Å². The van der Waals surface area contributed by atoms with Crippen molar-refractivity contribution in [3.63, 3.8) is 0 Å². The van der Waals surface area contributed by atoms with Crippen LogP contribution in [0.2, 0.25) is 0 Å². The Hall–Kier alpha value is -3.85. The van der Waals surface area contributed by atoms with E-state index in [9.17, 15) is 10.1 Å². The van der Waals surface area contributed by atoms with E-state index < -0.39 is 5.63 Å². The van der Waals surface area contributed by atoms with Gasteiger partial charge in [-0.3, -0.25) is 4.40 Å². The summed E-state index contributed by atoms with van der Waals surface area (Å²) in [5.74, 6) is 0. The second-order valence-corrected chi connectivity index (χ2v) is 6.93. The highest BCUT2D eigenvalue weighted by Gasteiger charge is 2.18. The molecular weight excluding hydrogens is 364 g/mol. The monoisotopic (exact) mass is 382 g/mol. The Morgan fingerprint density at radius 1 is 1.10 bits per heavy atom. The van der Waals surface area contributed by atoms with Crippen molar-refractivity contribution in [2.24, 2.45) is 0 Å². The van der Waals surface area contributed by atoms with Crippen LogP contribution in [0.4, 0.5) is 5.69 Å². The van der Waals surface area contributed by atoms with Crippen molar-refractivity contribution in [1.29, 1.82) is 5.26 Å². The number of anilines is 1. The van der Waals surface area contributed by atoms with E-state index in [-0.39, 0.29) is 0 Å². The Morgan fingerprint density at radius 2 is 1.90 bits per heavy atom. The molecule has 0 radical (unpaired) electrons. The highest BCUT2D eigenvalue weighted by molar-refractivity contribution is 6.06. The second-order valence-electron chi connectivity index (χ2n) is 6.93. The summed E-state index contributed by atoms with van der Waals surface area (Å²) >= 11 is 0. The summed E-state index contributed by atoms with van der Waals surface area (Å²) < 4.78 is 7.57. The first kappa shape index (κ1) is 17.3. The number of imidazole rings is 1. The van der Waals surface area contributed by atoms with E-state index in [1.807, 2.05) is 46.9 Å². The predicted molar refractivity (Wildman–Crippen MR) is 115 cm³/mol. The molecule has 0 amide bonds. The zero-order valence-corrected chi connectivity index (χ0v) is 16.1. The van der Waals surface area contributed by atoms with Crippen LogP contribution in [0.1, 0.15) is 19.4 Å². The highest BCUT2D eigenvalue weighted by Crippen LogP contribution is 2.31. The van der Waals surface area contributed by atoms with Gasteiger partial charge in [0.15, 0.2) is 5.65 Å². The minimum atomic E-state index is -0.458. The standard InChI is InChI=1S/C23H18N4O2/c1-3-26(4-2)15-9-10-16-20(12-15)29-23(28)17-11-14(13-24)22-25-18-7-5-6-8-19(18)27(22)21(16)17/h5-12H,3-4H2,1-2H3. The van der Waals surface area contributed by atoms with Crippen LogP contribution in [0.25, 0.3) is 38.6 Å². The first-order valence-electron chi connectivity index (χ1n) is 9.62. The average Bonchev–Trinajstić information content (AvgIpc) is 3.13. The maximum atomic E-state index is 12.9. The molecule has 6 heteroatoms.